The van der Waals surface area contributed by atoms with Crippen molar-refractivity contribution in [2.75, 3.05) is 49.1 Å². The Morgan fingerprint density at radius 2 is 1.72 bits per heavy atom. The summed E-state index contributed by atoms with van der Waals surface area (Å²) in [6.45, 7) is 7.80. The van der Waals surface area contributed by atoms with Gasteiger partial charge >= 0.3 is 0 Å². The van der Waals surface area contributed by atoms with Gasteiger partial charge in [-0.2, -0.15) is 0 Å². The fourth-order valence-corrected chi connectivity index (χ4v) is 4.19. The number of ether oxygens (including phenoxy) is 1. The predicted octanol–water partition coefficient (Wildman–Crippen LogP) is 2.96. The Morgan fingerprint density at radius 1 is 0.966 bits per heavy atom. The summed E-state index contributed by atoms with van der Waals surface area (Å²) < 4.78 is 5.75. The van der Waals surface area contributed by atoms with E-state index in [1.54, 1.807) is 11.8 Å². The molecule has 0 radical (unpaired) electrons. The van der Waals surface area contributed by atoms with Gasteiger partial charge in [0.05, 0.1) is 12.3 Å². The molecule has 0 saturated carbocycles. The van der Waals surface area contributed by atoms with Crippen LogP contribution in [0.2, 0.25) is 0 Å². The molecule has 0 atom stereocenters. The maximum atomic E-state index is 13.0. The van der Waals surface area contributed by atoms with Crippen LogP contribution in [0.5, 0.6) is 5.75 Å². The van der Waals surface area contributed by atoms with Crippen molar-refractivity contribution in [3.05, 3.63) is 53.6 Å². The van der Waals surface area contributed by atoms with Gasteiger partial charge in [-0.15, -0.1) is 0 Å². The monoisotopic (exact) mass is 393 g/mol. The van der Waals surface area contributed by atoms with Gasteiger partial charge in [0.15, 0.2) is 0 Å². The molecule has 6 nitrogen and oxygen atoms in total. The van der Waals surface area contributed by atoms with E-state index in [1.165, 1.54) is 0 Å². The first-order chi connectivity index (χ1) is 14.1. The lowest BCUT2D eigenvalue weighted by Crippen LogP contribution is -2.48. The molecule has 2 heterocycles. The van der Waals surface area contributed by atoms with Crippen molar-refractivity contribution in [2.45, 2.75) is 20.3 Å². The average Bonchev–Trinajstić information content (AvgIpc) is 3.18. The van der Waals surface area contributed by atoms with Crippen LogP contribution >= 0.6 is 0 Å². The van der Waals surface area contributed by atoms with Gasteiger partial charge in [-0.25, -0.2) is 0 Å². The average molecular weight is 393 g/mol. The van der Waals surface area contributed by atoms with Crippen LogP contribution in [0, 0.1) is 0 Å². The molecule has 6 heteroatoms. The van der Waals surface area contributed by atoms with E-state index in [2.05, 4.69) is 11.0 Å². The third kappa shape index (κ3) is 3.79. The number of piperazine rings is 1. The minimum Gasteiger partial charge on any atom is -0.492 e. The van der Waals surface area contributed by atoms with Crippen molar-refractivity contribution >= 4 is 23.2 Å². The Kier molecular flexibility index (Phi) is 5.43. The Morgan fingerprint density at radius 3 is 2.45 bits per heavy atom. The Hall–Kier alpha value is -3.02. The first-order valence-electron chi connectivity index (χ1n) is 10.3. The Labute approximate surface area is 171 Å². The number of rotatable bonds is 4. The van der Waals surface area contributed by atoms with E-state index in [1.807, 2.05) is 48.2 Å². The molecule has 29 heavy (non-hydrogen) atoms. The molecular weight excluding hydrogens is 366 g/mol. The van der Waals surface area contributed by atoms with E-state index in [0.29, 0.717) is 31.8 Å². The van der Waals surface area contributed by atoms with Crippen LogP contribution in [-0.4, -0.2) is 56.0 Å². The zero-order chi connectivity index (χ0) is 20.4. The van der Waals surface area contributed by atoms with Crippen LogP contribution in [0.15, 0.2) is 42.5 Å². The van der Waals surface area contributed by atoms with Gasteiger partial charge in [-0.3, -0.25) is 9.59 Å². The van der Waals surface area contributed by atoms with E-state index in [9.17, 15) is 9.59 Å². The molecule has 1 saturated heterocycles. The molecule has 0 bridgehead atoms. The lowest BCUT2D eigenvalue weighted by molar-refractivity contribution is -0.116. The Balaban J connectivity index is 1.43. The molecule has 4 rings (SSSR count). The third-order valence-electron chi connectivity index (χ3n) is 5.67. The summed E-state index contributed by atoms with van der Waals surface area (Å²) in [6.07, 6.45) is 0.804. The molecule has 2 amide bonds. The topological polar surface area (TPSA) is 53.1 Å². The Bertz CT molecular complexity index is 919. The van der Waals surface area contributed by atoms with Crippen molar-refractivity contribution in [1.29, 1.82) is 0 Å². The number of hydrogen-bond acceptors (Lipinski definition) is 4. The van der Waals surface area contributed by atoms with Gasteiger partial charge in [-0.05, 0) is 49.2 Å². The fourth-order valence-electron chi connectivity index (χ4n) is 4.19. The van der Waals surface area contributed by atoms with E-state index < -0.39 is 0 Å². The van der Waals surface area contributed by atoms with Crippen LogP contribution in [0.4, 0.5) is 11.4 Å². The lowest BCUT2D eigenvalue weighted by atomic mass is 10.1. The van der Waals surface area contributed by atoms with Crippen LogP contribution < -0.4 is 14.5 Å². The van der Waals surface area contributed by atoms with Gasteiger partial charge in [0, 0.05) is 50.9 Å². The lowest BCUT2D eigenvalue weighted by Gasteiger charge is -2.36. The highest BCUT2D eigenvalue weighted by Gasteiger charge is 2.27. The van der Waals surface area contributed by atoms with Gasteiger partial charge in [0.25, 0.3) is 5.91 Å². The maximum Gasteiger partial charge on any atom is 0.253 e. The molecule has 2 aliphatic heterocycles. The SMILES string of the molecule is CCOc1ccccc1N1CCN(C(=O)c2ccc3c(c2)CCN3C(C)=O)CC1. The second-order valence-corrected chi connectivity index (χ2v) is 7.44. The first-order valence-corrected chi connectivity index (χ1v) is 10.3. The normalized spacial score (nSPS) is 16.0. The van der Waals surface area contributed by atoms with Gasteiger partial charge < -0.3 is 19.4 Å². The highest BCUT2D eigenvalue weighted by atomic mass is 16.5. The van der Waals surface area contributed by atoms with Gasteiger partial charge in [-0.1, -0.05) is 12.1 Å². The number of fused-ring (bicyclic) bond motifs is 1. The summed E-state index contributed by atoms with van der Waals surface area (Å²) >= 11 is 0. The molecule has 0 N–H and O–H groups in total. The summed E-state index contributed by atoms with van der Waals surface area (Å²) in [6, 6.07) is 13.8. The smallest absolute Gasteiger partial charge is 0.253 e. The highest BCUT2D eigenvalue weighted by Crippen LogP contribution is 2.31. The molecule has 0 spiro atoms. The van der Waals surface area contributed by atoms with Crippen molar-refractivity contribution in [3.63, 3.8) is 0 Å². The quantitative estimate of drug-likeness (QED) is 0.802. The zero-order valence-electron chi connectivity index (χ0n) is 17.1. The van der Waals surface area contributed by atoms with Crippen LogP contribution in [0.1, 0.15) is 29.8 Å². The minimum absolute atomic E-state index is 0.0475. The number of carbonyl (C=O) groups is 2. The molecule has 2 aromatic rings. The molecule has 2 aromatic carbocycles. The van der Waals surface area contributed by atoms with Gasteiger partial charge in [0.2, 0.25) is 5.91 Å². The first kappa shape index (κ1) is 19.3. The fraction of sp³-hybridized carbons (Fsp3) is 0.391. The standard InChI is InChI=1S/C23H27N3O3/c1-3-29-22-7-5-4-6-21(22)24-12-14-25(15-13-24)23(28)19-8-9-20-18(16-19)10-11-26(20)17(2)27/h4-9,16H,3,10-15H2,1-2H3. The van der Waals surface area contributed by atoms with Gasteiger partial charge in [0.1, 0.15) is 5.75 Å². The molecule has 1 fully saturated rings. The highest BCUT2D eigenvalue weighted by molar-refractivity contribution is 5.98. The van der Waals surface area contributed by atoms with Crippen molar-refractivity contribution < 1.29 is 14.3 Å². The summed E-state index contributed by atoms with van der Waals surface area (Å²) in [5.74, 6) is 1.00. The van der Waals surface area contributed by atoms with Crippen LogP contribution in [0.25, 0.3) is 0 Å². The number of para-hydroxylation sites is 2. The van der Waals surface area contributed by atoms with E-state index >= 15 is 0 Å². The second-order valence-electron chi connectivity index (χ2n) is 7.44. The third-order valence-corrected chi connectivity index (χ3v) is 5.67. The largest absolute Gasteiger partial charge is 0.492 e. The van der Waals surface area contributed by atoms with Crippen molar-refractivity contribution in [3.8, 4) is 5.75 Å². The zero-order valence-corrected chi connectivity index (χ0v) is 17.1. The van der Waals surface area contributed by atoms with E-state index in [0.717, 1.165) is 42.2 Å². The minimum atomic E-state index is 0.0475. The summed E-state index contributed by atoms with van der Waals surface area (Å²) in [5.41, 5.74) is 3.81. The number of anilines is 2. The van der Waals surface area contributed by atoms with Crippen molar-refractivity contribution in [1.82, 2.24) is 4.90 Å². The van der Waals surface area contributed by atoms with E-state index in [-0.39, 0.29) is 11.8 Å². The number of hydrogen-bond donors (Lipinski definition) is 0. The number of carbonyl (C=O) groups excluding carboxylic acids is 2. The number of amides is 2. The summed E-state index contributed by atoms with van der Waals surface area (Å²) in [4.78, 5) is 30.7. The molecule has 2 aliphatic rings. The predicted molar refractivity (Wildman–Crippen MR) is 114 cm³/mol. The molecule has 0 unspecified atom stereocenters. The van der Waals surface area contributed by atoms with Crippen LogP contribution in [-0.2, 0) is 11.2 Å². The second kappa shape index (κ2) is 8.15. The number of nitrogens with zero attached hydrogens (tertiary/aromatic N) is 3. The molecule has 0 aromatic heterocycles. The molecular formula is C23H27N3O3. The van der Waals surface area contributed by atoms with Crippen LogP contribution in [0.3, 0.4) is 0 Å². The number of benzene rings is 2. The van der Waals surface area contributed by atoms with E-state index in [4.69, 9.17) is 4.74 Å². The summed E-state index contributed by atoms with van der Waals surface area (Å²) in [5, 5.41) is 0. The molecule has 152 valence electrons. The maximum absolute atomic E-state index is 13.0. The summed E-state index contributed by atoms with van der Waals surface area (Å²) in [7, 11) is 0. The molecule has 0 aliphatic carbocycles. The van der Waals surface area contributed by atoms with Crippen molar-refractivity contribution in [2.24, 2.45) is 0 Å².